The molecule has 0 saturated carbocycles. The molecule has 4 heteroatoms. The summed E-state index contributed by atoms with van der Waals surface area (Å²) >= 11 is 0. The second-order valence-electron chi connectivity index (χ2n) is 8.57. The average Bonchev–Trinajstić information content (AvgIpc) is 2.89. The summed E-state index contributed by atoms with van der Waals surface area (Å²) in [5.74, 6) is -1.65. The van der Waals surface area contributed by atoms with Gasteiger partial charge in [-0.1, -0.05) is 84.5 Å². The van der Waals surface area contributed by atoms with Crippen LogP contribution in [-0.4, -0.2) is 6.61 Å². The molecule has 0 aliphatic rings. The fourth-order valence-corrected chi connectivity index (χ4v) is 3.84. The lowest BCUT2D eigenvalue weighted by molar-refractivity contribution is 0.310. The molecule has 4 aromatic rings. The summed E-state index contributed by atoms with van der Waals surface area (Å²) in [6, 6.07) is 22.3. The Balaban J connectivity index is 1.47. The number of unbranched alkanes of at least 4 members (excludes halogenated alkanes) is 1. The normalized spacial score (nSPS) is 11.1. The quantitative estimate of drug-likeness (QED) is 0.131. The Morgan fingerprint density at radius 3 is 1.94 bits per heavy atom. The van der Waals surface area contributed by atoms with Crippen molar-refractivity contribution in [3.8, 4) is 28.0 Å². The molecule has 0 fully saturated rings. The van der Waals surface area contributed by atoms with Crippen molar-refractivity contribution >= 4 is 12.2 Å². The Morgan fingerprint density at radius 2 is 1.36 bits per heavy atom. The first kappa shape index (κ1) is 25.1. The van der Waals surface area contributed by atoms with Gasteiger partial charge in [0.05, 0.1) is 6.61 Å². The third kappa shape index (κ3) is 5.95. The molecule has 0 aromatic heterocycles. The molecule has 0 bridgehead atoms. The van der Waals surface area contributed by atoms with Gasteiger partial charge in [-0.05, 0) is 48.6 Å². The lowest BCUT2D eigenvalue weighted by Crippen LogP contribution is -1.97. The van der Waals surface area contributed by atoms with Crippen LogP contribution in [0.3, 0.4) is 0 Å². The summed E-state index contributed by atoms with van der Waals surface area (Å²) in [5, 5.41) is 0. The average molecular weight is 485 g/mol. The first-order valence-electron chi connectivity index (χ1n) is 11.8. The number of aryl methyl sites for hydroxylation is 1. The Bertz CT molecular complexity index is 1370. The van der Waals surface area contributed by atoms with Crippen molar-refractivity contribution in [1.29, 1.82) is 0 Å². The summed E-state index contributed by atoms with van der Waals surface area (Å²) in [4.78, 5) is 0. The van der Waals surface area contributed by atoms with E-state index in [9.17, 15) is 13.2 Å². The molecule has 182 valence electrons. The molecular formula is C32H27F3O. The van der Waals surface area contributed by atoms with Gasteiger partial charge in [-0.2, -0.15) is 0 Å². The molecule has 4 aromatic carbocycles. The van der Waals surface area contributed by atoms with Crippen molar-refractivity contribution in [1.82, 2.24) is 0 Å². The molecule has 0 heterocycles. The number of allylic oxidation sites excluding steroid dienone is 1. The zero-order chi connectivity index (χ0) is 25.5. The van der Waals surface area contributed by atoms with Crippen LogP contribution in [0.2, 0.25) is 0 Å². The van der Waals surface area contributed by atoms with E-state index in [1.165, 1.54) is 6.07 Å². The van der Waals surface area contributed by atoms with Gasteiger partial charge in [0, 0.05) is 22.8 Å². The topological polar surface area (TPSA) is 9.23 Å². The van der Waals surface area contributed by atoms with Crippen LogP contribution in [0.1, 0.15) is 29.5 Å². The van der Waals surface area contributed by atoms with Gasteiger partial charge in [0.1, 0.15) is 11.6 Å². The van der Waals surface area contributed by atoms with Crippen LogP contribution in [0.25, 0.3) is 34.4 Å². The van der Waals surface area contributed by atoms with E-state index >= 15 is 0 Å². The number of hydrogen-bond donors (Lipinski definition) is 0. The van der Waals surface area contributed by atoms with Crippen LogP contribution in [-0.2, 0) is 0 Å². The Labute approximate surface area is 210 Å². The predicted molar refractivity (Wildman–Crippen MR) is 142 cm³/mol. The van der Waals surface area contributed by atoms with Gasteiger partial charge in [0.15, 0.2) is 11.6 Å². The molecule has 0 N–H and O–H groups in total. The zero-order valence-electron chi connectivity index (χ0n) is 20.1. The molecule has 4 rings (SSSR count). The van der Waals surface area contributed by atoms with E-state index in [4.69, 9.17) is 4.74 Å². The van der Waals surface area contributed by atoms with Crippen molar-refractivity contribution in [2.45, 2.75) is 19.8 Å². The van der Waals surface area contributed by atoms with Crippen LogP contribution in [0.5, 0.6) is 5.75 Å². The molecule has 0 spiro atoms. The summed E-state index contributed by atoms with van der Waals surface area (Å²) in [6.07, 6.45) is 6.94. The third-order valence-electron chi connectivity index (χ3n) is 5.92. The van der Waals surface area contributed by atoms with Crippen LogP contribution in [0, 0.1) is 24.4 Å². The molecule has 1 nitrogen and oxygen atoms in total. The van der Waals surface area contributed by atoms with Gasteiger partial charge in [-0.25, -0.2) is 13.2 Å². The minimum atomic E-state index is -0.884. The highest BCUT2D eigenvalue weighted by atomic mass is 19.2. The summed E-state index contributed by atoms with van der Waals surface area (Å²) in [6.45, 7) is 6.11. The second-order valence-corrected chi connectivity index (χ2v) is 8.57. The number of benzene rings is 4. The highest BCUT2D eigenvalue weighted by Crippen LogP contribution is 2.32. The number of rotatable bonds is 9. The molecule has 0 radical (unpaired) electrons. The van der Waals surface area contributed by atoms with E-state index in [2.05, 4.69) is 6.58 Å². The van der Waals surface area contributed by atoms with E-state index in [0.29, 0.717) is 29.0 Å². The van der Waals surface area contributed by atoms with Crippen molar-refractivity contribution < 1.29 is 17.9 Å². The molecule has 0 aliphatic carbocycles. The molecule has 0 amide bonds. The fraction of sp³-hybridized carbons (Fsp3) is 0.125. The van der Waals surface area contributed by atoms with Gasteiger partial charge in [-0.15, -0.1) is 6.58 Å². The third-order valence-corrected chi connectivity index (χ3v) is 5.92. The van der Waals surface area contributed by atoms with Crippen molar-refractivity contribution in [3.63, 3.8) is 0 Å². The minimum Gasteiger partial charge on any atom is -0.493 e. The number of ether oxygens (including phenoxy) is 1. The van der Waals surface area contributed by atoms with E-state index in [-0.39, 0.29) is 16.9 Å². The molecule has 0 atom stereocenters. The number of hydrogen-bond acceptors (Lipinski definition) is 1. The zero-order valence-corrected chi connectivity index (χ0v) is 20.1. The van der Waals surface area contributed by atoms with Crippen LogP contribution in [0.4, 0.5) is 13.2 Å². The maximum absolute atomic E-state index is 14.9. The molecule has 0 saturated heterocycles. The molecular weight excluding hydrogens is 457 g/mol. The predicted octanol–water partition coefficient (Wildman–Crippen LogP) is 9.26. The van der Waals surface area contributed by atoms with Crippen molar-refractivity contribution in [2.75, 3.05) is 6.61 Å². The monoisotopic (exact) mass is 484 g/mol. The molecule has 36 heavy (non-hydrogen) atoms. The second kappa shape index (κ2) is 11.6. The highest BCUT2D eigenvalue weighted by molar-refractivity contribution is 5.75. The Kier molecular flexibility index (Phi) is 8.06. The first-order chi connectivity index (χ1) is 17.5. The van der Waals surface area contributed by atoms with E-state index in [1.807, 2.05) is 25.1 Å². The van der Waals surface area contributed by atoms with Crippen LogP contribution < -0.4 is 4.74 Å². The summed E-state index contributed by atoms with van der Waals surface area (Å²) < 4.78 is 49.8. The maximum atomic E-state index is 14.9. The lowest BCUT2D eigenvalue weighted by atomic mass is 9.97. The smallest absolute Gasteiger partial charge is 0.167 e. The maximum Gasteiger partial charge on any atom is 0.167 e. The SMILES string of the molecule is C=CCCCOc1ccc(/C=C/c2ccc(-c3ccc(-c4ccc(C)cc4)c(F)c3F)cc2)c(F)c1. The summed E-state index contributed by atoms with van der Waals surface area (Å²) in [7, 11) is 0. The van der Waals surface area contributed by atoms with Gasteiger partial charge >= 0.3 is 0 Å². The van der Waals surface area contributed by atoms with Gasteiger partial charge in [-0.3, -0.25) is 0 Å². The largest absolute Gasteiger partial charge is 0.493 e. The van der Waals surface area contributed by atoms with Crippen molar-refractivity contribution in [3.05, 3.63) is 126 Å². The van der Waals surface area contributed by atoms with Crippen molar-refractivity contribution in [2.24, 2.45) is 0 Å². The van der Waals surface area contributed by atoms with E-state index < -0.39 is 11.6 Å². The first-order valence-corrected chi connectivity index (χ1v) is 11.8. The Hall–Kier alpha value is -4.05. The molecule has 0 aliphatic heterocycles. The lowest BCUT2D eigenvalue weighted by Gasteiger charge is -2.10. The number of halogens is 3. The highest BCUT2D eigenvalue weighted by Gasteiger charge is 2.16. The molecule has 0 unspecified atom stereocenters. The van der Waals surface area contributed by atoms with E-state index in [1.54, 1.807) is 72.8 Å². The Morgan fingerprint density at radius 1 is 0.750 bits per heavy atom. The van der Waals surface area contributed by atoms with Crippen LogP contribution in [0.15, 0.2) is 91.5 Å². The van der Waals surface area contributed by atoms with Gasteiger partial charge in [0.25, 0.3) is 0 Å². The van der Waals surface area contributed by atoms with Gasteiger partial charge in [0.2, 0.25) is 0 Å². The minimum absolute atomic E-state index is 0.189. The van der Waals surface area contributed by atoms with E-state index in [0.717, 1.165) is 24.0 Å². The summed E-state index contributed by atoms with van der Waals surface area (Å²) in [5.41, 5.74) is 3.89. The standard InChI is InChI=1S/C32H27F3O/c1-3-4-5-20-36-27-17-16-26(30(33)21-27)15-10-23-8-13-25(14-9-23)29-19-18-28(31(34)32(29)35)24-11-6-22(2)7-12-24/h3,6-19,21H,1,4-5,20H2,2H3/b15-10+. The fourth-order valence-electron chi connectivity index (χ4n) is 3.84. The van der Waals surface area contributed by atoms with Gasteiger partial charge < -0.3 is 4.74 Å². The van der Waals surface area contributed by atoms with Crippen LogP contribution >= 0.6 is 0 Å².